The minimum Gasteiger partial charge on any atom is -0.368 e. The first-order valence-corrected chi connectivity index (χ1v) is 8.61. The monoisotopic (exact) mass is 389 g/mol. The largest absolute Gasteiger partial charge is 0.368 e. The maximum absolute atomic E-state index is 13.8. The highest BCUT2D eigenvalue weighted by Crippen LogP contribution is 2.10. The molecule has 0 saturated heterocycles. The quantitative estimate of drug-likeness (QED) is 0.633. The fourth-order valence-electron chi connectivity index (χ4n) is 2.69. The van der Waals surface area contributed by atoms with Gasteiger partial charge in [0.1, 0.15) is 23.7 Å². The van der Waals surface area contributed by atoms with Gasteiger partial charge >= 0.3 is 0 Å². The van der Waals surface area contributed by atoms with Gasteiger partial charge in [-0.2, -0.15) is 0 Å². The van der Waals surface area contributed by atoms with E-state index >= 15 is 0 Å². The Hall–Kier alpha value is -3.29. The summed E-state index contributed by atoms with van der Waals surface area (Å²) in [5, 5.41) is 4.95. The second-order valence-electron chi connectivity index (χ2n) is 6.34. The van der Waals surface area contributed by atoms with Gasteiger partial charge in [-0.1, -0.05) is 30.3 Å². The number of nitrogens with one attached hydrogen (secondary N) is 2. The SMILES string of the molecule is CC(=O)N[C@H](Cc1ccc(F)cc1)C(=O)N[C@@H](Cc1ccccc1F)C(N)=O. The molecule has 2 atom stereocenters. The number of nitrogens with two attached hydrogens (primary N) is 1. The van der Waals surface area contributed by atoms with E-state index in [0.29, 0.717) is 5.56 Å². The lowest BCUT2D eigenvalue weighted by Gasteiger charge is -2.22. The zero-order valence-corrected chi connectivity index (χ0v) is 15.2. The molecule has 4 N–H and O–H groups in total. The summed E-state index contributed by atoms with van der Waals surface area (Å²) in [6.07, 6.45) is -0.0477. The molecule has 0 spiro atoms. The Balaban J connectivity index is 2.14. The van der Waals surface area contributed by atoms with Crippen LogP contribution in [0.25, 0.3) is 0 Å². The van der Waals surface area contributed by atoms with E-state index in [-0.39, 0.29) is 18.4 Å². The number of primary amides is 1. The van der Waals surface area contributed by atoms with Crippen molar-refractivity contribution in [3.63, 3.8) is 0 Å². The molecule has 28 heavy (non-hydrogen) atoms. The molecule has 0 bridgehead atoms. The molecule has 0 aliphatic rings. The van der Waals surface area contributed by atoms with Crippen LogP contribution in [-0.2, 0) is 27.2 Å². The number of carbonyl (C=O) groups excluding carboxylic acids is 3. The van der Waals surface area contributed by atoms with Crippen LogP contribution in [0.5, 0.6) is 0 Å². The van der Waals surface area contributed by atoms with E-state index in [0.717, 1.165) is 0 Å². The van der Waals surface area contributed by atoms with Gasteiger partial charge in [-0.15, -0.1) is 0 Å². The Labute approximate surface area is 161 Å². The Bertz CT molecular complexity index is 856. The molecule has 6 nitrogen and oxygen atoms in total. The van der Waals surface area contributed by atoms with Crippen LogP contribution >= 0.6 is 0 Å². The van der Waals surface area contributed by atoms with E-state index in [1.54, 1.807) is 6.07 Å². The molecule has 148 valence electrons. The molecular formula is C20H21F2N3O3. The topological polar surface area (TPSA) is 101 Å². The van der Waals surface area contributed by atoms with Crippen molar-refractivity contribution in [2.45, 2.75) is 31.8 Å². The zero-order valence-electron chi connectivity index (χ0n) is 15.2. The number of halogens is 2. The smallest absolute Gasteiger partial charge is 0.243 e. The van der Waals surface area contributed by atoms with E-state index in [9.17, 15) is 23.2 Å². The van der Waals surface area contributed by atoms with Gasteiger partial charge in [0.05, 0.1) is 0 Å². The van der Waals surface area contributed by atoms with Crippen LogP contribution in [0, 0.1) is 11.6 Å². The van der Waals surface area contributed by atoms with E-state index < -0.39 is 41.4 Å². The van der Waals surface area contributed by atoms with Crippen molar-refractivity contribution in [1.29, 1.82) is 0 Å². The summed E-state index contributed by atoms with van der Waals surface area (Å²) in [5.74, 6) is -2.89. The summed E-state index contributed by atoms with van der Waals surface area (Å²) in [7, 11) is 0. The standard InChI is InChI=1S/C20H21F2N3O3/c1-12(26)24-18(10-13-6-8-15(21)9-7-13)20(28)25-17(19(23)27)11-14-4-2-3-5-16(14)22/h2-9,17-18H,10-11H2,1H3,(H2,23,27)(H,24,26)(H,25,28)/t17-,18+/m0/s1. The molecular weight excluding hydrogens is 368 g/mol. The minimum atomic E-state index is -1.16. The van der Waals surface area contributed by atoms with Gasteiger partial charge in [-0.3, -0.25) is 14.4 Å². The third-order valence-electron chi connectivity index (χ3n) is 4.09. The molecule has 0 fully saturated rings. The normalized spacial score (nSPS) is 12.7. The van der Waals surface area contributed by atoms with Crippen molar-refractivity contribution in [2.24, 2.45) is 5.73 Å². The number of benzene rings is 2. The van der Waals surface area contributed by atoms with Crippen molar-refractivity contribution >= 4 is 17.7 Å². The van der Waals surface area contributed by atoms with E-state index in [2.05, 4.69) is 10.6 Å². The fraction of sp³-hybridized carbons (Fsp3) is 0.250. The van der Waals surface area contributed by atoms with Crippen molar-refractivity contribution in [3.8, 4) is 0 Å². The first kappa shape index (κ1) is 21.0. The maximum Gasteiger partial charge on any atom is 0.243 e. The second kappa shape index (κ2) is 9.59. The van der Waals surface area contributed by atoms with Gasteiger partial charge in [0.2, 0.25) is 17.7 Å². The van der Waals surface area contributed by atoms with Crippen LogP contribution in [-0.4, -0.2) is 29.8 Å². The predicted octanol–water partition coefficient (Wildman–Crippen LogP) is 1.22. The lowest BCUT2D eigenvalue weighted by Crippen LogP contribution is -2.54. The molecule has 2 aromatic carbocycles. The molecule has 0 aliphatic heterocycles. The molecule has 0 aromatic heterocycles. The summed E-state index contributed by atoms with van der Waals surface area (Å²) in [6, 6.07) is 9.12. The summed E-state index contributed by atoms with van der Waals surface area (Å²) < 4.78 is 26.9. The van der Waals surface area contributed by atoms with E-state index in [1.807, 2.05) is 0 Å². The zero-order chi connectivity index (χ0) is 20.7. The molecule has 0 radical (unpaired) electrons. The highest BCUT2D eigenvalue weighted by Gasteiger charge is 2.26. The van der Waals surface area contributed by atoms with Gasteiger partial charge in [0.25, 0.3) is 0 Å². The first-order chi connectivity index (χ1) is 13.3. The van der Waals surface area contributed by atoms with Crippen molar-refractivity contribution in [1.82, 2.24) is 10.6 Å². The molecule has 2 aromatic rings. The molecule has 3 amide bonds. The number of hydrogen-bond donors (Lipinski definition) is 3. The van der Waals surface area contributed by atoms with Gasteiger partial charge in [0, 0.05) is 19.8 Å². The molecule has 8 heteroatoms. The lowest BCUT2D eigenvalue weighted by molar-refractivity contribution is -0.130. The van der Waals surface area contributed by atoms with E-state index in [4.69, 9.17) is 5.73 Å². The Morgan fingerprint density at radius 3 is 2.14 bits per heavy atom. The summed E-state index contributed by atoms with van der Waals surface area (Å²) in [5.41, 5.74) is 6.18. The molecule has 2 rings (SSSR count). The Kier molecular flexibility index (Phi) is 7.20. The molecule has 0 aliphatic carbocycles. The van der Waals surface area contributed by atoms with Crippen LogP contribution in [0.4, 0.5) is 8.78 Å². The summed E-state index contributed by atoms with van der Waals surface area (Å²) in [4.78, 5) is 35.9. The first-order valence-electron chi connectivity index (χ1n) is 8.61. The third-order valence-corrected chi connectivity index (χ3v) is 4.09. The summed E-state index contributed by atoms with van der Waals surface area (Å²) >= 11 is 0. The Morgan fingerprint density at radius 1 is 0.929 bits per heavy atom. The molecule has 0 saturated carbocycles. The lowest BCUT2D eigenvalue weighted by atomic mass is 10.0. The number of carbonyl (C=O) groups is 3. The van der Waals surface area contributed by atoms with Gasteiger partial charge < -0.3 is 16.4 Å². The highest BCUT2D eigenvalue weighted by atomic mass is 19.1. The summed E-state index contributed by atoms with van der Waals surface area (Å²) in [6.45, 7) is 1.25. The maximum atomic E-state index is 13.8. The average molecular weight is 389 g/mol. The number of amides is 3. The predicted molar refractivity (Wildman–Crippen MR) is 98.9 cm³/mol. The third kappa shape index (κ3) is 6.15. The highest BCUT2D eigenvalue weighted by molar-refractivity contribution is 5.91. The van der Waals surface area contributed by atoms with Crippen LogP contribution in [0.2, 0.25) is 0 Å². The number of hydrogen-bond acceptors (Lipinski definition) is 3. The average Bonchev–Trinajstić information content (AvgIpc) is 2.63. The van der Waals surface area contributed by atoms with Gasteiger partial charge in [-0.05, 0) is 29.3 Å². The van der Waals surface area contributed by atoms with Gasteiger partial charge in [-0.25, -0.2) is 8.78 Å². The molecule has 0 unspecified atom stereocenters. The van der Waals surface area contributed by atoms with Crippen LogP contribution in [0.15, 0.2) is 48.5 Å². The van der Waals surface area contributed by atoms with Crippen LogP contribution in [0.1, 0.15) is 18.1 Å². The number of rotatable bonds is 8. The van der Waals surface area contributed by atoms with Crippen molar-refractivity contribution in [2.75, 3.05) is 0 Å². The minimum absolute atomic E-state index is 0.0802. The van der Waals surface area contributed by atoms with Crippen molar-refractivity contribution in [3.05, 3.63) is 71.3 Å². The fourth-order valence-corrected chi connectivity index (χ4v) is 2.69. The van der Waals surface area contributed by atoms with Crippen LogP contribution < -0.4 is 16.4 Å². The van der Waals surface area contributed by atoms with Gasteiger partial charge in [0.15, 0.2) is 0 Å². The Morgan fingerprint density at radius 2 is 1.57 bits per heavy atom. The van der Waals surface area contributed by atoms with Crippen LogP contribution in [0.3, 0.4) is 0 Å². The molecule has 0 heterocycles. The van der Waals surface area contributed by atoms with E-state index in [1.165, 1.54) is 49.4 Å². The van der Waals surface area contributed by atoms with Crippen molar-refractivity contribution < 1.29 is 23.2 Å². The second-order valence-corrected chi connectivity index (χ2v) is 6.34.